The van der Waals surface area contributed by atoms with Crippen LogP contribution in [0.15, 0.2) is 11.1 Å². The number of imidazole rings is 1. The quantitative estimate of drug-likeness (QED) is 0.130. The maximum Gasteiger partial charge on any atom is 0.472 e. The molecule has 1 saturated heterocycles. The zero-order chi connectivity index (χ0) is 27.6. The Kier molecular flexibility index (Phi) is 9.49. The molecule has 5 atom stereocenters. The molecule has 1 aliphatic rings. The average Bonchev–Trinajstić information content (AvgIpc) is 3.31. The van der Waals surface area contributed by atoms with Gasteiger partial charge in [0.05, 0.1) is 19.5 Å². The van der Waals surface area contributed by atoms with Crippen LogP contribution in [0.1, 0.15) is 19.1 Å². The highest BCUT2D eigenvalue weighted by atomic mass is 31.2. The van der Waals surface area contributed by atoms with Gasteiger partial charge in [-0.1, -0.05) is 0 Å². The normalized spacial score (nSPS) is 23.9. The SMILES string of the molecule is CN(C)CCCOP(=O)(O)OC1CC(n2cnc3c(=O)[nH]c(N)nc32)OC1COP(=O)(O)CP(=O)(O)O. The first-order chi connectivity index (χ1) is 17.1. The Hall–Kier alpha value is -1.52. The van der Waals surface area contributed by atoms with E-state index in [1.807, 2.05) is 19.0 Å². The van der Waals surface area contributed by atoms with Gasteiger partial charge in [0.15, 0.2) is 17.1 Å². The predicted molar refractivity (Wildman–Crippen MR) is 128 cm³/mol. The number of aromatic nitrogens is 4. The Bertz CT molecular complexity index is 1290. The monoisotopic (exact) mass is 590 g/mol. The highest BCUT2D eigenvalue weighted by molar-refractivity contribution is 7.70. The molecule has 0 amide bonds. The molecule has 1 aliphatic heterocycles. The van der Waals surface area contributed by atoms with Crippen molar-refractivity contribution < 1.29 is 51.6 Å². The van der Waals surface area contributed by atoms with Gasteiger partial charge in [-0.15, -0.1) is 0 Å². The highest BCUT2D eigenvalue weighted by Gasteiger charge is 2.44. The van der Waals surface area contributed by atoms with Crippen LogP contribution in [0.2, 0.25) is 0 Å². The highest BCUT2D eigenvalue weighted by Crippen LogP contribution is 2.56. The predicted octanol–water partition coefficient (Wildman–Crippen LogP) is -0.220. The summed E-state index contributed by atoms with van der Waals surface area (Å²) < 4.78 is 58.0. The van der Waals surface area contributed by atoms with E-state index in [1.54, 1.807) is 0 Å². The topological polar surface area (TPSA) is 262 Å². The van der Waals surface area contributed by atoms with E-state index in [1.165, 1.54) is 10.9 Å². The summed E-state index contributed by atoms with van der Waals surface area (Å²) in [6.45, 7) is -0.256. The van der Waals surface area contributed by atoms with E-state index >= 15 is 0 Å². The number of fused-ring (bicyclic) bond motifs is 1. The van der Waals surface area contributed by atoms with Gasteiger partial charge >= 0.3 is 23.0 Å². The number of hydrogen-bond acceptors (Lipinski definition) is 12. The van der Waals surface area contributed by atoms with Crippen LogP contribution in [-0.4, -0.2) is 96.0 Å². The summed E-state index contributed by atoms with van der Waals surface area (Å²) in [5.41, 5.74) is 4.97. The third-order valence-corrected chi connectivity index (χ3v) is 9.52. The average molecular weight is 590 g/mol. The van der Waals surface area contributed by atoms with Gasteiger partial charge < -0.3 is 39.5 Å². The lowest BCUT2D eigenvalue weighted by Crippen LogP contribution is -2.28. The molecule has 1 fully saturated rings. The van der Waals surface area contributed by atoms with Crippen LogP contribution in [0.3, 0.4) is 0 Å². The zero-order valence-corrected chi connectivity index (χ0v) is 22.5. The van der Waals surface area contributed by atoms with Crippen molar-refractivity contribution in [2.24, 2.45) is 0 Å². The van der Waals surface area contributed by atoms with Crippen molar-refractivity contribution in [3.63, 3.8) is 0 Å². The Morgan fingerprint density at radius 2 is 1.95 bits per heavy atom. The number of rotatable bonds is 13. The number of ether oxygens (including phenoxy) is 1. The van der Waals surface area contributed by atoms with E-state index in [0.717, 1.165) is 0 Å². The molecule has 7 N–H and O–H groups in total. The van der Waals surface area contributed by atoms with Crippen molar-refractivity contribution in [3.05, 3.63) is 16.7 Å². The number of nitrogens with two attached hydrogens (primary N) is 1. The van der Waals surface area contributed by atoms with Crippen LogP contribution >= 0.6 is 23.0 Å². The molecule has 0 bridgehead atoms. The van der Waals surface area contributed by atoms with E-state index in [0.29, 0.717) is 13.0 Å². The summed E-state index contributed by atoms with van der Waals surface area (Å²) in [6, 6.07) is 0. The number of nitrogens with one attached hydrogen (secondary N) is 1. The largest absolute Gasteiger partial charge is 0.472 e. The summed E-state index contributed by atoms with van der Waals surface area (Å²) >= 11 is 0. The second kappa shape index (κ2) is 11.7. The molecular weight excluding hydrogens is 561 g/mol. The van der Waals surface area contributed by atoms with E-state index < -0.39 is 59.5 Å². The molecule has 3 rings (SSSR count). The molecule has 0 aromatic carbocycles. The van der Waals surface area contributed by atoms with Crippen molar-refractivity contribution in [2.75, 3.05) is 45.5 Å². The lowest BCUT2D eigenvalue weighted by Gasteiger charge is -2.22. The molecule has 2 aromatic rings. The molecule has 210 valence electrons. The van der Waals surface area contributed by atoms with E-state index in [9.17, 15) is 28.3 Å². The standard InChI is InChI=1S/C16H29N6O12P3/c1-21(2)4-3-5-31-37(29,30)34-10-6-12(22-8-18-13-14(22)19-16(17)20-15(13)23)33-11(10)7-32-36(27,28)9-35(24,25)26/h8,10-12H,3-7,9H2,1-2H3,(H,27,28)(H,29,30)(H2,24,25,26)(H3,17,19,20,23). The number of aromatic amines is 1. The minimum absolute atomic E-state index is 0.0352. The Balaban J connectivity index is 1.80. The fraction of sp³-hybridized carbons (Fsp3) is 0.688. The maximum absolute atomic E-state index is 12.5. The van der Waals surface area contributed by atoms with Crippen LogP contribution in [0.25, 0.3) is 11.2 Å². The molecule has 3 heterocycles. The third kappa shape index (κ3) is 8.75. The summed E-state index contributed by atoms with van der Waals surface area (Å²) in [7, 11) is -10.7. The smallest absolute Gasteiger partial charge is 0.369 e. The number of anilines is 1. The molecule has 21 heteroatoms. The lowest BCUT2D eigenvalue weighted by molar-refractivity contribution is -0.0402. The molecule has 0 radical (unpaired) electrons. The Labute approximate surface area is 210 Å². The summed E-state index contributed by atoms with van der Waals surface area (Å²) in [6.07, 6.45) is -2.03. The molecule has 0 saturated carbocycles. The molecule has 5 unspecified atom stereocenters. The second-order valence-electron chi connectivity index (χ2n) is 8.48. The van der Waals surface area contributed by atoms with Crippen molar-refractivity contribution in [1.29, 1.82) is 0 Å². The number of H-pyrrole nitrogens is 1. The number of phosphoric ester groups is 1. The van der Waals surface area contributed by atoms with Crippen LogP contribution in [0.4, 0.5) is 5.95 Å². The van der Waals surface area contributed by atoms with Crippen molar-refractivity contribution in [2.45, 2.75) is 31.3 Å². The van der Waals surface area contributed by atoms with Crippen LogP contribution in [-0.2, 0) is 32.0 Å². The van der Waals surface area contributed by atoms with Gasteiger partial charge in [0.25, 0.3) is 5.56 Å². The van der Waals surface area contributed by atoms with Gasteiger partial charge in [-0.25, -0.2) is 9.55 Å². The van der Waals surface area contributed by atoms with Gasteiger partial charge in [0.2, 0.25) is 5.95 Å². The van der Waals surface area contributed by atoms with Crippen LogP contribution < -0.4 is 11.3 Å². The fourth-order valence-corrected chi connectivity index (χ4v) is 7.07. The van der Waals surface area contributed by atoms with Crippen LogP contribution in [0.5, 0.6) is 0 Å². The van der Waals surface area contributed by atoms with E-state index in [2.05, 4.69) is 15.0 Å². The van der Waals surface area contributed by atoms with Crippen LogP contribution in [0, 0.1) is 0 Å². The first-order valence-corrected chi connectivity index (χ1v) is 15.8. The molecule has 0 aliphatic carbocycles. The molecule has 2 aromatic heterocycles. The van der Waals surface area contributed by atoms with Gasteiger partial charge in [0.1, 0.15) is 18.4 Å². The Morgan fingerprint density at radius 1 is 1.24 bits per heavy atom. The van der Waals surface area contributed by atoms with Gasteiger partial charge in [0, 0.05) is 6.42 Å². The molecule has 18 nitrogen and oxygen atoms in total. The van der Waals surface area contributed by atoms with Crippen molar-refractivity contribution >= 4 is 40.1 Å². The molecular formula is C16H29N6O12P3. The number of nitrogens with zero attached hydrogens (tertiary/aromatic N) is 4. The fourth-order valence-electron chi connectivity index (χ4n) is 3.51. The lowest BCUT2D eigenvalue weighted by atomic mass is 10.2. The molecule has 37 heavy (non-hydrogen) atoms. The van der Waals surface area contributed by atoms with Crippen molar-refractivity contribution in [3.8, 4) is 0 Å². The molecule has 0 spiro atoms. The summed E-state index contributed by atoms with van der Waals surface area (Å²) in [5.74, 6) is -1.64. The minimum atomic E-state index is -4.89. The third-order valence-electron chi connectivity index (χ3n) is 5.02. The van der Waals surface area contributed by atoms with Crippen molar-refractivity contribution in [1.82, 2.24) is 24.4 Å². The van der Waals surface area contributed by atoms with E-state index in [-0.39, 0.29) is 30.1 Å². The second-order valence-corrected chi connectivity index (χ2v) is 13.9. The van der Waals surface area contributed by atoms with Gasteiger partial charge in [-0.2, -0.15) is 4.98 Å². The zero-order valence-electron chi connectivity index (χ0n) is 19.8. The first kappa shape index (κ1) is 30.0. The van der Waals surface area contributed by atoms with Gasteiger partial charge in [-0.05, 0) is 27.1 Å². The minimum Gasteiger partial charge on any atom is -0.369 e. The maximum atomic E-state index is 12.5. The summed E-state index contributed by atoms with van der Waals surface area (Å²) in [5, 5.41) is 0. The Morgan fingerprint density at radius 3 is 2.59 bits per heavy atom. The number of nitrogen functional groups attached to an aromatic ring is 1. The van der Waals surface area contributed by atoms with Gasteiger partial charge in [-0.3, -0.25) is 32.5 Å². The number of hydrogen-bond donors (Lipinski definition) is 6. The first-order valence-electron chi connectivity index (χ1n) is 10.7. The van der Waals surface area contributed by atoms with E-state index in [4.69, 9.17) is 33.8 Å². The summed E-state index contributed by atoms with van der Waals surface area (Å²) in [4.78, 5) is 62.2. The number of phosphoric acid groups is 1.